The van der Waals surface area contributed by atoms with Crippen LogP contribution in [-0.4, -0.2) is 20.0 Å². The Bertz CT molecular complexity index is 693. The molecule has 0 radical (unpaired) electrons. The molecule has 0 aliphatic carbocycles. The van der Waals surface area contributed by atoms with Crippen LogP contribution in [0.25, 0.3) is 0 Å². The number of hydrogen-bond acceptors (Lipinski definition) is 4. The van der Waals surface area contributed by atoms with Crippen molar-refractivity contribution in [1.29, 1.82) is 0 Å². The molecule has 1 N–H and O–H groups in total. The van der Waals surface area contributed by atoms with Crippen molar-refractivity contribution in [1.82, 2.24) is 5.32 Å². The van der Waals surface area contributed by atoms with Gasteiger partial charge in [-0.15, -0.1) is 11.8 Å². The molecule has 1 aliphatic heterocycles. The molecule has 2 aromatic rings. The Morgan fingerprint density at radius 3 is 2.74 bits per heavy atom. The fourth-order valence-electron chi connectivity index (χ4n) is 2.81. The van der Waals surface area contributed by atoms with Crippen LogP contribution < -0.4 is 14.8 Å². The summed E-state index contributed by atoms with van der Waals surface area (Å²) in [6.07, 6.45) is 0.994. The minimum absolute atomic E-state index is 0.176. The van der Waals surface area contributed by atoms with E-state index in [1.54, 1.807) is 32.0 Å². The van der Waals surface area contributed by atoms with Crippen molar-refractivity contribution in [3.63, 3.8) is 0 Å². The van der Waals surface area contributed by atoms with E-state index in [0.717, 1.165) is 34.8 Å². The monoisotopic (exact) mass is 333 g/mol. The van der Waals surface area contributed by atoms with Gasteiger partial charge in [-0.05, 0) is 53.6 Å². The van der Waals surface area contributed by atoms with E-state index < -0.39 is 0 Å². The summed E-state index contributed by atoms with van der Waals surface area (Å²) < 4.78 is 24.1. The van der Waals surface area contributed by atoms with Gasteiger partial charge in [-0.2, -0.15) is 0 Å². The lowest BCUT2D eigenvalue weighted by atomic mass is 10.0. The van der Waals surface area contributed by atoms with E-state index in [9.17, 15) is 4.39 Å². The standard InChI is InChI=1S/C18H20FNO2S/c1-21-16-5-3-12(9-17(16)22-2)11-20-15-7-8-23-18-6-4-13(19)10-14(15)18/h3-6,9-10,15,20H,7-8,11H2,1-2H3. The van der Waals surface area contributed by atoms with Gasteiger partial charge in [0.1, 0.15) is 5.82 Å². The predicted molar refractivity (Wildman–Crippen MR) is 90.9 cm³/mol. The molecule has 1 heterocycles. The first kappa shape index (κ1) is 16.1. The van der Waals surface area contributed by atoms with Crippen LogP contribution in [-0.2, 0) is 6.54 Å². The Kier molecular flexibility index (Phi) is 5.08. The van der Waals surface area contributed by atoms with E-state index in [2.05, 4.69) is 5.32 Å². The van der Waals surface area contributed by atoms with Gasteiger partial charge in [0, 0.05) is 17.5 Å². The maximum atomic E-state index is 13.5. The molecular weight excluding hydrogens is 313 g/mol. The molecule has 2 aromatic carbocycles. The molecule has 0 fully saturated rings. The van der Waals surface area contributed by atoms with Crippen molar-refractivity contribution in [2.45, 2.75) is 23.9 Å². The van der Waals surface area contributed by atoms with Gasteiger partial charge in [-0.25, -0.2) is 4.39 Å². The maximum absolute atomic E-state index is 13.5. The normalized spacial score (nSPS) is 16.7. The zero-order valence-electron chi connectivity index (χ0n) is 13.3. The smallest absolute Gasteiger partial charge is 0.161 e. The lowest BCUT2D eigenvalue weighted by molar-refractivity contribution is 0.354. The summed E-state index contributed by atoms with van der Waals surface area (Å²) in [6.45, 7) is 0.700. The Morgan fingerprint density at radius 2 is 1.96 bits per heavy atom. The molecule has 3 rings (SSSR count). The summed E-state index contributed by atoms with van der Waals surface area (Å²) in [5, 5.41) is 3.53. The molecule has 5 heteroatoms. The second-order valence-electron chi connectivity index (χ2n) is 5.44. The number of methoxy groups -OCH3 is 2. The van der Waals surface area contributed by atoms with Crippen molar-refractivity contribution < 1.29 is 13.9 Å². The number of ether oxygens (including phenoxy) is 2. The SMILES string of the molecule is COc1ccc(CNC2CCSc3ccc(F)cc32)cc1OC. The summed E-state index contributed by atoms with van der Waals surface area (Å²) in [4.78, 5) is 1.17. The lowest BCUT2D eigenvalue weighted by Crippen LogP contribution is -2.24. The molecule has 1 aliphatic rings. The summed E-state index contributed by atoms with van der Waals surface area (Å²) in [6, 6.07) is 11.1. The summed E-state index contributed by atoms with van der Waals surface area (Å²) >= 11 is 1.79. The molecule has 0 aromatic heterocycles. The van der Waals surface area contributed by atoms with Crippen LogP contribution in [0.5, 0.6) is 11.5 Å². The molecule has 1 unspecified atom stereocenters. The molecule has 23 heavy (non-hydrogen) atoms. The molecule has 0 amide bonds. The second kappa shape index (κ2) is 7.23. The molecule has 0 bridgehead atoms. The largest absolute Gasteiger partial charge is 0.493 e. The van der Waals surface area contributed by atoms with Gasteiger partial charge >= 0.3 is 0 Å². The Hall–Kier alpha value is -1.72. The van der Waals surface area contributed by atoms with Crippen LogP contribution in [0.4, 0.5) is 4.39 Å². The third-order valence-corrected chi connectivity index (χ3v) is 5.13. The van der Waals surface area contributed by atoms with Gasteiger partial charge in [-0.1, -0.05) is 6.07 Å². The third kappa shape index (κ3) is 3.62. The van der Waals surface area contributed by atoms with Gasteiger partial charge in [0.15, 0.2) is 11.5 Å². The van der Waals surface area contributed by atoms with Gasteiger partial charge in [-0.3, -0.25) is 0 Å². The maximum Gasteiger partial charge on any atom is 0.161 e. The molecule has 0 saturated carbocycles. The van der Waals surface area contributed by atoms with Gasteiger partial charge in [0.05, 0.1) is 14.2 Å². The van der Waals surface area contributed by atoms with Gasteiger partial charge in [0.25, 0.3) is 0 Å². The van der Waals surface area contributed by atoms with Crippen molar-refractivity contribution in [2.24, 2.45) is 0 Å². The van der Waals surface area contributed by atoms with Crippen molar-refractivity contribution in [3.8, 4) is 11.5 Å². The topological polar surface area (TPSA) is 30.5 Å². The first-order valence-corrected chi connectivity index (χ1v) is 8.56. The lowest BCUT2D eigenvalue weighted by Gasteiger charge is -2.26. The number of hydrogen-bond donors (Lipinski definition) is 1. The summed E-state index contributed by atoms with van der Waals surface area (Å²) in [7, 11) is 3.26. The number of benzene rings is 2. The van der Waals surface area contributed by atoms with Crippen LogP contribution in [0, 0.1) is 5.82 Å². The van der Waals surface area contributed by atoms with E-state index in [1.807, 2.05) is 24.3 Å². The summed E-state index contributed by atoms with van der Waals surface area (Å²) in [5.41, 5.74) is 2.17. The Balaban J connectivity index is 1.73. The number of thioether (sulfide) groups is 1. The predicted octanol–water partition coefficient (Wildman–Crippen LogP) is 4.17. The van der Waals surface area contributed by atoms with Crippen molar-refractivity contribution >= 4 is 11.8 Å². The number of halogens is 1. The third-order valence-electron chi connectivity index (χ3n) is 4.01. The fourth-order valence-corrected chi connectivity index (χ4v) is 3.91. The van der Waals surface area contributed by atoms with Crippen LogP contribution in [0.2, 0.25) is 0 Å². The fraction of sp³-hybridized carbons (Fsp3) is 0.333. The number of nitrogens with one attached hydrogen (secondary N) is 1. The summed E-state index contributed by atoms with van der Waals surface area (Å²) in [5.74, 6) is 2.31. The first-order chi connectivity index (χ1) is 11.2. The number of rotatable bonds is 5. The zero-order chi connectivity index (χ0) is 16.2. The molecule has 3 nitrogen and oxygen atoms in total. The van der Waals surface area contributed by atoms with Crippen LogP contribution >= 0.6 is 11.8 Å². The van der Waals surface area contributed by atoms with Gasteiger partial charge < -0.3 is 14.8 Å². The van der Waals surface area contributed by atoms with Crippen molar-refractivity contribution in [2.75, 3.05) is 20.0 Å². The highest BCUT2D eigenvalue weighted by atomic mass is 32.2. The van der Waals surface area contributed by atoms with E-state index in [1.165, 1.54) is 11.0 Å². The van der Waals surface area contributed by atoms with Gasteiger partial charge in [0.2, 0.25) is 0 Å². The van der Waals surface area contributed by atoms with E-state index in [0.29, 0.717) is 6.54 Å². The highest BCUT2D eigenvalue weighted by Crippen LogP contribution is 2.36. The first-order valence-electron chi connectivity index (χ1n) is 7.58. The molecule has 0 spiro atoms. The Labute approximate surface area is 140 Å². The highest BCUT2D eigenvalue weighted by molar-refractivity contribution is 7.99. The zero-order valence-corrected chi connectivity index (χ0v) is 14.1. The van der Waals surface area contributed by atoms with Crippen LogP contribution in [0.15, 0.2) is 41.3 Å². The van der Waals surface area contributed by atoms with E-state index in [-0.39, 0.29) is 11.9 Å². The second-order valence-corrected chi connectivity index (χ2v) is 6.58. The minimum atomic E-state index is -0.177. The van der Waals surface area contributed by atoms with Crippen molar-refractivity contribution in [3.05, 3.63) is 53.3 Å². The molecule has 0 saturated heterocycles. The average molecular weight is 333 g/mol. The minimum Gasteiger partial charge on any atom is -0.493 e. The molecular formula is C18H20FNO2S. The molecule has 1 atom stereocenters. The van der Waals surface area contributed by atoms with Crippen LogP contribution in [0.3, 0.4) is 0 Å². The highest BCUT2D eigenvalue weighted by Gasteiger charge is 2.21. The molecule has 122 valence electrons. The average Bonchev–Trinajstić information content (AvgIpc) is 2.59. The van der Waals surface area contributed by atoms with Crippen LogP contribution in [0.1, 0.15) is 23.6 Å². The Morgan fingerprint density at radius 1 is 1.13 bits per heavy atom. The van der Waals surface area contributed by atoms with E-state index >= 15 is 0 Å². The number of fused-ring (bicyclic) bond motifs is 1. The van der Waals surface area contributed by atoms with E-state index in [4.69, 9.17) is 9.47 Å². The quantitative estimate of drug-likeness (QED) is 0.890.